The number of halogens is 2. The maximum absolute atomic E-state index is 12.7. The van der Waals surface area contributed by atoms with E-state index in [-0.39, 0.29) is 0 Å². The summed E-state index contributed by atoms with van der Waals surface area (Å²) < 4.78 is 25.3. The van der Waals surface area contributed by atoms with Gasteiger partial charge in [-0.3, -0.25) is 4.99 Å². The quantitative estimate of drug-likeness (QED) is 0.687. The van der Waals surface area contributed by atoms with Crippen LogP contribution in [-0.2, 0) is 0 Å². The van der Waals surface area contributed by atoms with Crippen LogP contribution in [0.3, 0.4) is 0 Å². The van der Waals surface area contributed by atoms with Crippen LogP contribution in [-0.4, -0.2) is 13.1 Å². The third-order valence-electron chi connectivity index (χ3n) is 2.88. The van der Waals surface area contributed by atoms with Gasteiger partial charge >= 0.3 is 0 Å². The van der Waals surface area contributed by atoms with E-state index in [1.165, 1.54) is 6.92 Å². The smallest absolute Gasteiger partial charge is 0.245 e. The molecule has 0 fully saturated rings. The van der Waals surface area contributed by atoms with Crippen LogP contribution in [0.5, 0.6) is 0 Å². The third kappa shape index (κ3) is 3.22. The normalized spacial score (nSPS) is 13.9. The Labute approximate surface area is 101 Å². The van der Waals surface area contributed by atoms with Gasteiger partial charge in [0, 0.05) is 12.1 Å². The van der Waals surface area contributed by atoms with E-state index >= 15 is 0 Å². The lowest BCUT2D eigenvalue weighted by molar-refractivity contribution is 0.121. The summed E-state index contributed by atoms with van der Waals surface area (Å²) in [6.45, 7) is 8.77. The molecular weight excluding hydrogens is 220 g/mol. The first-order valence-electron chi connectivity index (χ1n) is 5.49. The van der Waals surface area contributed by atoms with Crippen molar-refractivity contribution in [2.24, 2.45) is 4.99 Å². The van der Waals surface area contributed by atoms with Gasteiger partial charge in [0.25, 0.3) is 0 Å². The molecule has 92 valence electrons. The van der Waals surface area contributed by atoms with Crippen molar-refractivity contribution < 1.29 is 8.78 Å². The first kappa shape index (κ1) is 13.6. The molecule has 1 unspecified atom stereocenters. The number of hydrogen-bond donors (Lipinski definition) is 0. The van der Waals surface area contributed by atoms with E-state index in [0.717, 1.165) is 16.7 Å². The second-order valence-electron chi connectivity index (χ2n) is 4.19. The Morgan fingerprint density at radius 3 is 2.59 bits per heavy atom. The molecule has 1 rings (SSSR count). The number of rotatable bonds is 4. The Hall–Kier alpha value is -1.51. The zero-order chi connectivity index (χ0) is 13.0. The van der Waals surface area contributed by atoms with Crippen molar-refractivity contribution in [1.29, 1.82) is 0 Å². The van der Waals surface area contributed by atoms with Gasteiger partial charge in [0.2, 0.25) is 6.43 Å². The van der Waals surface area contributed by atoms with Gasteiger partial charge in [-0.05, 0) is 42.8 Å². The van der Waals surface area contributed by atoms with Crippen LogP contribution in [0.2, 0.25) is 0 Å². The lowest BCUT2D eigenvalue weighted by atomic mass is 9.94. The van der Waals surface area contributed by atoms with Gasteiger partial charge in [0.15, 0.2) is 0 Å². The molecule has 0 aliphatic rings. The van der Waals surface area contributed by atoms with Crippen LogP contribution >= 0.6 is 0 Å². The summed E-state index contributed by atoms with van der Waals surface area (Å²) in [6.07, 6.45) is -0.702. The monoisotopic (exact) mass is 237 g/mol. The molecule has 0 heterocycles. The summed E-state index contributed by atoms with van der Waals surface area (Å²) in [5, 5.41) is 0. The Morgan fingerprint density at radius 1 is 1.41 bits per heavy atom. The third-order valence-corrected chi connectivity index (χ3v) is 2.88. The molecule has 1 aromatic rings. The van der Waals surface area contributed by atoms with Crippen LogP contribution in [0.25, 0.3) is 5.57 Å². The summed E-state index contributed by atoms with van der Waals surface area (Å²) in [5.74, 6) is -0.751. The van der Waals surface area contributed by atoms with Crippen molar-refractivity contribution in [1.82, 2.24) is 0 Å². The molecule has 0 aromatic heterocycles. The fourth-order valence-electron chi connectivity index (χ4n) is 1.70. The summed E-state index contributed by atoms with van der Waals surface area (Å²) in [6, 6.07) is 5.43. The van der Waals surface area contributed by atoms with E-state index < -0.39 is 12.3 Å². The standard InChI is InChI=1S/C14H17F2N/c1-9-5-6-12(11(3)14(15)16)7-13(9)10(2)8-17-4/h5-8,11,14H,4H2,1-3H3/b10-8+. The van der Waals surface area contributed by atoms with Gasteiger partial charge in [-0.15, -0.1) is 0 Å². The average Bonchev–Trinajstić information content (AvgIpc) is 2.28. The van der Waals surface area contributed by atoms with Crippen molar-refractivity contribution >= 4 is 12.3 Å². The van der Waals surface area contributed by atoms with Crippen LogP contribution < -0.4 is 0 Å². The van der Waals surface area contributed by atoms with E-state index in [1.807, 2.05) is 26.0 Å². The van der Waals surface area contributed by atoms with Gasteiger partial charge in [0.1, 0.15) is 0 Å². The van der Waals surface area contributed by atoms with Crippen LogP contribution in [0.15, 0.2) is 29.4 Å². The molecule has 0 saturated heterocycles. The van der Waals surface area contributed by atoms with Gasteiger partial charge in [0.05, 0.1) is 0 Å². The van der Waals surface area contributed by atoms with Crippen molar-refractivity contribution in [2.45, 2.75) is 33.1 Å². The van der Waals surface area contributed by atoms with Crippen molar-refractivity contribution in [3.05, 3.63) is 41.1 Å². The molecule has 0 spiro atoms. The Balaban J connectivity index is 3.19. The Morgan fingerprint density at radius 2 is 2.06 bits per heavy atom. The molecule has 3 heteroatoms. The Kier molecular flexibility index (Phi) is 4.55. The molecule has 0 amide bonds. The molecule has 1 atom stereocenters. The highest BCUT2D eigenvalue weighted by Crippen LogP contribution is 2.27. The summed E-state index contributed by atoms with van der Waals surface area (Å²) in [7, 11) is 0. The Bertz CT molecular complexity index is 436. The largest absolute Gasteiger partial charge is 0.272 e. The first-order valence-corrected chi connectivity index (χ1v) is 5.49. The minimum atomic E-state index is -2.34. The number of nitrogens with zero attached hydrogens (tertiary/aromatic N) is 1. The van der Waals surface area contributed by atoms with Gasteiger partial charge in [-0.2, -0.15) is 0 Å². The summed E-state index contributed by atoms with van der Waals surface area (Å²) >= 11 is 0. The zero-order valence-corrected chi connectivity index (χ0v) is 10.4. The van der Waals surface area contributed by atoms with Crippen LogP contribution in [0, 0.1) is 6.92 Å². The predicted molar refractivity (Wildman–Crippen MR) is 68.8 cm³/mol. The molecule has 0 saturated carbocycles. The molecular formula is C14H17F2N. The number of aryl methyl sites for hydroxylation is 1. The lowest BCUT2D eigenvalue weighted by Gasteiger charge is -2.14. The number of aliphatic imine (C=N–C) groups is 1. The van der Waals surface area contributed by atoms with E-state index in [9.17, 15) is 8.78 Å². The second-order valence-corrected chi connectivity index (χ2v) is 4.19. The molecule has 1 nitrogen and oxygen atoms in total. The highest BCUT2D eigenvalue weighted by Gasteiger charge is 2.17. The number of hydrogen-bond acceptors (Lipinski definition) is 1. The lowest BCUT2D eigenvalue weighted by Crippen LogP contribution is -2.05. The minimum absolute atomic E-state index is 0.650. The average molecular weight is 237 g/mol. The maximum atomic E-state index is 12.7. The molecule has 0 N–H and O–H groups in total. The van der Waals surface area contributed by atoms with Crippen molar-refractivity contribution in [2.75, 3.05) is 0 Å². The molecule has 1 aromatic carbocycles. The molecule has 0 aliphatic heterocycles. The molecule has 0 aliphatic carbocycles. The topological polar surface area (TPSA) is 12.4 Å². The maximum Gasteiger partial charge on any atom is 0.245 e. The molecule has 0 bridgehead atoms. The molecule has 0 radical (unpaired) electrons. The summed E-state index contributed by atoms with van der Waals surface area (Å²) in [4.78, 5) is 3.70. The van der Waals surface area contributed by atoms with Gasteiger partial charge < -0.3 is 0 Å². The van der Waals surface area contributed by atoms with Crippen LogP contribution in [0.1, 0.15) is 36.5 Å². The SMILES string of the molecule is C=N/C=C(\C)c1cc(C(C)C(F)F)ccc1C. The van der Waals surface area contributed by atoms with E-state index in [4.69, 9.17) is 0 Å². The zero-order valence-electron chi connectivity index (χ0n) is 10.4. The first-order chi connectivity index (χ1) is 7.97. The van der Waals surface area contributed by atoms with Crippen molar-refractivity contribution in [3.8, 4) is 0 Å². The van der Waals surface area contributed by atoms with E-state index in [2.05, 4.69) is 11.7 Å². The van der Waals surface area contributed by atoms with E-state index in [0.29, 0.717) is 5.56 Å². The number of benzene rings is 1. The fraction of sp³-hybridized carbons (Fsp3) is 0.357. The highest BCUT2D eigenvalue weighted by molar-refractivity contribution is 5.67. The fourth-order valence-corrected chi connectivity index (χ4v) is 1.70. The highest BCUT2D eigenvalue weighted by atomic mass is 19.3. The number of allylic oxidation sites excluding steroid dienone is 1. The molecule has 17 heavy (non-hydrogen) atoms. The second kappa shape index (κ2) is 5.71. The van der Waals surface area contributed by atoms with Crippen molar-refractivity contribution in [3.63, 3.8) is 0 Å². The summed E-state index contributed by atoms with van der Waals surface area (Å²) in [5.41, 5.74) is 3.58. The van der Waals surface area contributed by atoms with Gasteiger partial charge in [-0.1, -0.05) is 25.1 Å². The van der Waals surface area contributed by atoms with Gasteiger partial charge in [-0.25, -0.2) is 8.78 Å². The predicted octanol–water partition coefficient (Wildman–Crippen LogP) is 4.43. The van der Waals surface area contributed by atoms with E-state index in [1.54, 1.807) is 12.3 Å². The van der Waals surface area contributed by atoms with Crippen LogP contribution in [0.4, 0.5) is 8.78 Å². The minimum Gasteiger partial charge on any atom is -0.272 e. The number of alkyl halides is 2.